The van der Waals surface area contributed by atoms with Gasteiger partial charge in [-0.2, -0.15) is 0 Å². The van der Waals surface area contributed by atoms with E-state index in [0.717, 1.165) is 30.7 Å². The Labute approximate surface area is 90.2 Å². The Balaban J connectivity index is 1.68. The highest BCUT2D eigenvalue weighted by atomic mass is 15.4. The van der Waals surface area contributed by atoms with Gasteiger partial charge in [-0.3, -0.25) is 4.68 Å². The quantitative estimate of drug-likeness (QED) is 0.704. The van der Waals surface area contributed by atoms with Crippen LogP contribution in [0.15, 0.2) is 18.3 Å². The van der Waals surface area contributed by atoms with Gasteiger partial charge in [0.25, 0.3) is 0 Å². The van der Waals surface area contributed by atoms with Gasteiger partial charge in [0.05, 0.1) is 5.69 Å². The molecular formula is C12H17N3. The van der Waals surface area contributed by atoms with Crippen molar-refractivity contribution < 1.29 is 0 Å². The van der Waals surface area contributed by atoms with Crippen LogP contribution in [0, 0.1) is 17.8 Å². The van der Waals surface area contributed by atoms with Gasteiger partial charge in [-0.25, -0.2) is 0 Å². The van der Waals surface area contributed by atoms with Gasteiger partial charge < -0.3 is 0 Å². The number of hydrogen-bond donors (Lipinski definition) is 0. The van der Waals surface area contributed by atoms with E-state index in [9.17, 15) is 0 Å². The van der Waals surface area contributed by atoms with Crippen LogP contribution in [-0.4, -0.2) is 15.0 Å². The minimum absolute atomic E-state index is 0.821. The second kappa shape index (κ2) is 3.47. The van der Waals surface area contributed by atoms with Crippen molar-refractivity contribution in [2.75, 3.05) is 0 Å². The summed E-state index contributed by atoms with van der Waals surface area (Å²) in [7, 11) is 0. The van der Waals surface area contributed by atoms with Crippen molar-refractivity contribution in [3.63, 3.8) is 0 Å². The fourth-order valence-corrected chi connectivity index (χ4v) is 2.98. The molecule has 0 aliphatic heterocycles. The summed E-state index contributed by atoms with van der Waals surface area (Å²) in [6.45, 7) is 3.02. The maximum absolute atomic E-state index is 4.22. The first-order chi connectivity index (χ1) is 7.35. The second-order valence-corrected chi connectivity index (χ2v) is 4.81. The lowest BCUT2D eigenvalue weighted by Gasteiger charge is -2.15. The monoisotopic (exact) mass is 203 g/mol. The average Bonchev–Trinajstić information content (AvgIpc) is 2.92. The van der Waals surface area contributed by atoms with Gasteiger partial charge in [0, 0.05) is 12.7 Å². The molecule has 2 bridgehead atoms. The Bertz CT molecular complexity index is 380. The lowest BCUT2D eigenvalue weighted by Crippen LogP contribution is -2.10. The molecule has 3 nitrogen and oxygen atoms in total. The number of nitrogens with zero attached hydrogens (tertiary/aromatic N) is 3. The summed E-state index contributed by atoms with van der Waals surface area (Å²) < 4.78 is 1.92. The highest BCUT2D eigenvalue weighted by Crippen LogP contribution is 2.44. The van der Waals surface area contributed by atoms with E-state index >= 15 is 0 Å². The lowest BCUT2D eigenvalue weighted by molar-refractivity contribution is 0.441. The summed E-state index contributed by atoms with van der Waals surface area (Å²) in [5.41, 5.74) is 1.17. The van der Waals surface area contributed by atoms with E-state index in [2.05, 4.69) is 35.6 Å². The molecule has 3 atom stereocenters. The molecule has 0 amide bonds. The normalized spacial score (nSPS) is 32.7. The molecule has 0 spiro atoms. The third-order valence-electron chi connectivity index (χ3n) is 3.80. The maximum atomic E-state index is 4.22. The first-order valence-corrected chi connectivity index (χ1v) is 5.92. The van der Waals surface area contributed by atoms with Crippen LogP contribution >= 0.6 is 0 Å². The standard InChI is InChI=1S/C12H17N3/c1-2-15-8-12(13-14-15)7-11-6-9-3-4-10(11)5-9/h3-4,8-11H,2,5-7H2,1H3. The zero-order valence-electron chi connectivity index (χ0n) is 9.13. The number of fused-ring (bicyclic) bond motifs is 2. The Morgan fingerprint density at radius 3 is 2.93 bits per heavy atom. The number of aryl methyl sites for hydroxylation is 1. The molecule has 0 saturated heterocycles. The first-order valence-electron chi connectivity index (χ1n) is 5.92. The van der Waals surface area contributed by atoms with E-state index in [1.54, 1.807) is 0 Å². The Morgan fingerprint density at radius 2 is 2.33 bits per heavy atom. The molecule has 3 rings (SSSR count). The van der Waals surface area contributed by atoms with E-state index in [1.807, 2.05) is 4.68 Å². The Kier molecular flexibility index (Phi) is 2.11. The molecule has 1 fully saturated rings. The van der Waals surface area contributed by atoms with Gasteiger partial charge in [0.1, 0.15) is 0 Å². The van der Waals surface area contributed by atoms with Crippen molar-refractivity contribution in [1.29, 1.82) is 0 Å². The fraction of sp³-hybridized carbons (Fsp3) is 0.667. The molecule has 2 aliphatic carbocycles. The topological polar surface area (TPSA) is 30.7 Å². The number of aromatic nitrogens is 3. The molecule has 1 aromatic heterocycles. The predicted molar refractivity (Wildman–Crippen MR) is 58.2 cm³/mol. The minimum atomic E-state index is 0.821. The minimum Gasteiger partial charge on any atom is -0.253 e. The van der Waals surface area contributed by atoms with Crippen molar-refractivity contribution in [1.82, 2.24) is 15.0 Å². The van der Waals surface area contributed by atoms with E-state index in [-0.39, 0.29) is 0 Å². The summed E-state index contributed by atoms with van der Waals surface area (Å²) in [4.78, 5) is 0. The highest BCUT2D eigenvalue weighted by Gasteiger charge is 2.35. The van der Waals surface area contributed by atoms with Crippen LogP contribution in [0.25, 0.3) is 0 Å². The molecule has 1 saturated carbocycles. The molecule has 2 aliphatic rings. The van der Waals surface area contributed by atoms with E-state index in [4.69, 9.17) is 0 Å². The third-order valence-corrected chi connectivity index (χ3v) is 3.80. The van der Waals surface area contributed by atoms with Gasteiger partial charge in [0.2, 0.25) is 0 Å². The summed E-state index contributed by atoms with van der Waals surface area (Å²) in [5, 5.41) is 8.31. The summed E-state index contributed by atoms with van der Waals surface area (Å²) >= 11 is 0. The Hall–Kier alpha value is -1.12. The van der Waals surface area contributed by atoms with Crippen molar-refractivity contribution in [3.05, 3.63) is 24.0 Å². The van der Waals surface area contributed by atoms with Gasteiger partial charge in [0.15, 0.2) is 0 Å². The second-order valence-electron chi connectivity index (χ2n) is 4.81. The van der Waals surface area contributed by atoms with Gasteiger partial charge in [-0.05, 0) is 43.9 Å². The summed E-state index contributed by atoms with van der Waals surface area (Å²) in [6.07, 6.45) is 10.8. The van der Waals surface area contributed by atoms with E-state index in [1.165, 1.54) is 18.5 Å². The summed E-state index contributed by atoms with van der Waals surface area (Å²) in [5.74, 6) is 2.50. The van der Waals surface area contributed by atoms with Gasteiger partial charge in [-0.15, -0.1) is 5.10 Å². The van der Waals surface area contributed by atoms with Crippen LogP contribution in [0.4, 0.5) is 0 Å². The smallest absolute Gasteiger partial charge is 0.0830 e. The van der Waals surface area contributed by atoms with Crippen molar-refractivity contribution in [3.8, 4) is 0 Å². The van der Waals surface area contributed by atoms with Crippen LogP contribution in [0.3, 0.4) is 0 Å². The SMILES string of the molecule is CCn1cc(CC2CC3C=CC2C3)nn1. The van der Waals surface area contributed by atoms with Crippen LogP contribution < -0.4 is 0 Å². The first kappa shape index (κ1) is 9.13. The molecule has 0 aromatic carbocycles. The largest absolute Gasteiger partial charge is 0.253 e. The third kappa shape index (κ3) is 1.60. The molecule has 0 radical (unpaired) electrons. The van der Waals surface area contributed by atoms with Crippen LogP contribution in [0.2, 0.25) is 0 Å². The maximum Gasteiger partial charge on any atom is 0.0830 e. The van der Waals surface area contributed by atoms with Crippen molar-refractivity contribution in [2.45, 2.75) is 32.7 Å². The molecular weight excluding hydrogens is 186 g/mol. The number of allylic oxidation sites excluding steroid dienone is 2. The van der Waals surface area contributed by atoms with Crippen molar-refractivity contribution in [2.24, 2.45) is 17.8 Å². The molecule has 0 N–H and O–H groups in total. The van der Waals surface area contributed by atoms with Crippen LogP contribution in [0.5, 0.6) is 0 Å². The lowest BCUT2D eigenvalue weighted by atomic mass is 9.90. The molecule has 1 aromatic rings. The van der Waals surface area contributed by atoms with E-state index < -0.39 is 0 Å². The number of rotatable bonds is 3. The molecule has 15 heavy (non-hydrogen) atoms. The highest BCUT2D eigenvalue weighted by molar-refractivity contribution is 5.12. The molecule has 3 heteroatoms. The van der Waals surface area contributed by atoms with Gasteiger partial charge in [-0.1, -0.05) is 17.4 Å². The zero-order valence-corrected chi connectivity index (χ0v) is 9.13. The van der Waals surface area contributed by atoms with Crippen LogP contribution in [0.1, 0.15) is 25.5 Å². The fourth-order valence-electron chi connectivity index (χ4n) is 2.98. The Morgan fingerprint density at radius 1 is 1.40 bits per heavy atom. The zero-order chi connectivity index (χ0) is 10.3. The van der Waals surface area contributed by atoms with Crippen LogP contribution in [-0.2, 0) is 13.0 Å². The predicted octanol–water partition coefficient (Wildman–Crippen LogP) is 2.05. The number of hydrogen-bond acceptors (Lipinski definition) is 2. The molecule has 1 heterocycles. The van der Waals surface area contributed by atoms with Crippen molar-refractivity contribution >= 4 is 0 Å². The van der Waals surface area contributed by atoms with E-state index in [0.29, 0.717) is 0 Å². The average molecular weight is 203 g/mol. The molecule has 80 valence electrons. The summed E-state index contributed by atoms with van der Waals surface area (Å²) in [6, 6.07) is 0. The van der Waals surface area contributed by atoms with Gasteiger partial charge >= 0.3 is 0 Å². The molecule has 3 unspecified atom stereocenters.